The second-order valence-electron chi connectivity index (χ2n) is 6.80. The zero-order valence-electron chi connectivity index (χ0n) is 15.5. The van der Waals surface area contributed by atoms with Crippen LogP contribution in [0.4, 0.5) is 28.9 Å². The lowest BCUT2D eigenvalue weighted by Gasteiger charge is -2.36. The number of hydrogen-bond acceptors (Lipinski definition) is 3. The predicted molar refractivity (Wildman–Crippen MR) is 107 cm³/mol. The molecule has 1 amide bonds. The summed E-state index contributed by atoms with van der Waals surface area (Å²) < 4.78 is 53.0. The molecule has 29 heavy (non-hydrogen) atoms. The van der Waals surface area contributed by atoms with Crippen LogP contribution in [-0.4, -0.2) is 43.5 Å². The molecule has 3 rings (SSSR count). The van der Waals surface area contributed by atoms with Crippen LogP contribution in [-0.2, 0) is 11.0 Å². The molecule has 0 aromatic heterocycles. The number of benzene rings is 2. The van der Waals surface area contributed by atoms with Gasteiger partial charge in [0.1, 0.15) is 5.82 Å². The van der Waals surface area contributed by atoms with Crippen molar-refractivity contribution in [3.05, 3.63) is 58.3 Å². The molecule has 1 aliphatic rings. The fraction of sp³-hybridized carbons (Fsp3) is 0.350. The summed E-state index contributed by atoms with van der Waals surface area (Å²) in [7, 11) is 0. The first kappa shape index (κ1) is 21.6. The fourth-order valence-electron chi connectivity index (χ4n) is 3.17. The van der Waals surface area contributed by atoms with Gasteiger partial charge in [0.05, 0.1) is 11.3 Å². The van der Waals surface area contributed by atoms with Crippen molar-refractivity contribution in [2.45, 2.75) is 12.6 Å². The van der Waals surface area contributed by atoms with Gasteiger partial charge in [0.2, 0.25) is 5.91 Å². The molecule has 1 N–H and O–H groups in total. The van der Waals surface area contributed by atoms with E-state index in [0.717, 1.165) is 12.1 Å². The van der Waals surface area contributed by atoms with Gasteiger partial charge in [0.15, 0.2) is 0 Å². The number of amides is 1. The Labute approximate surface area is 174 Å². The number of halogens is 5. The van der Waals surface area contributed by atoms with E-state index in [4.69, 9.17) is 0 Å². The van der Waals surface area contributed by atoms with Gasteiger partial charge in [0, 0.05) is 49.3 Å². The van der Waals surface area contributed by atoms with Crippen molar-refractivity contribution in [2.24, 2.45) is 0 Å². The SMILES string of the molecule is O=C(CCN1CCN(c2cccc(C(F)(F)F)c2)CC1)Nc1ccc(Br)cc1F. The van der Waals surface area contributed by atoms with Gasteiger partial charge in [-0.05, 0) is 36.4 Å². The van der Waals surface area contributed by atoms with Crippen LogP contribution < -0.4 is 10.2 Å². The van der Waals surface area contributed by atoms with E-state index in [-0.39, 0.29) is 18.0 Å². The van der Waals surface area contributed by atoms with Crippen LogP contribution in [0.3, 0.4) is 0 Å². The van der Waals surface area contributed by atoms with Crippen LogP contribution in [0, 0.1) is 5.82 Å². The Morgan fingerprint density at radius 1 is 1.07 bits per heavy atom. The zero-order chi connectivity index (χ0) is 21.0. The maximum Gasteiger partial charge on any atom is 0.416 e. The van der Waals surface area contributed by atoms with Gasteiger partial charge < -0.3 is 10.2 Å². The molecular formula is C20H20BrF4N3O. The number of rotatable bonds is 5. The summed E-state index contributed by atoms with van der Waals surface area (Å²) in [5.74, 6) is -0.797. The van der Waals surface area contributed by atoms with Gasteiger partial charge >= 0.3 is 6.18 Å². The average molecular weight is 474 g/mol. The maximum absolute atomic E-state index is 13.8. The van der Waals surface area contributed by atoms with E-state index < -0.39 is 17.6 Å². The molecule has 0 spiro atoms. The molecule has 1 aliphatic heterocycles. The van der Waals surface area contributed by atoms with Crippen molar-refractivity contribution < 1.29 is 22.4 Å². The Balaban J connectivity index is 1.47. The molecule has 0 bridgehead atoms. The first-order valence-electron chi connectivity index (χ1n) is 9.12. The van der Waals surface area contributed by atoms with Gasteiger partial charge in [-0.3, -0.25) is 9.69 Å². The van der Waals surface area contributed by atoms with E-state index >= 15 is 0 Å². The maximum atomic E-state index is 13.8. The topological polar surface area (TPSA) is 35.6 Å². The van der Waals surface area contributed by atoms with Gasteiger partial charge in [-0.1, -0.05) is 22.0 Å². The summed E-state index contributed by atoms with van der Waals surface area (Å²) in [6.07, 6.45) is -4.15. The standard InChI is InChI=1S/C20H20BrF4N3O/c21-15-4-5-18(17(22)13-15)26-19(29)6-7-27-8-10-28(11-9-27)16-3-1-2-14(12-16)20(23,24)25/h1-5,12-13H,6-11H2,(H,26,29). The highest BCUT2D eigenvalue weighted by Crippen LogP contribution is 2.31. The van der Waals surface area contributed by atoms with Crippen molar-refractivity contribution in [3.63, 3.8) is 0 Å². The molecule has 156 valence electrons. The number of nitrogens with zero attached hydrogens (tertiary/aromatic N) is 2. The number of carbonyl (C=O) groups is 1. The quantitative estimate of drug-likeness (QED) is 0.636. The molecule has 0 atom stereocenters. The average Bonchev–Trinajstić information content (AvgIpc) is 2.68. The van der Waals surface area contributed by atoms with E-state index in [9.17, 15) is 22.4 Å². The van der Waals surface area contributed by atoms with E-state index in [1.807, 2.05) is 4.90 Å². The molecule has 1 saturated heterocycles. The molecule has 0 unspecified atom stereocenters. The van der Waals surface area contributed by atoms with Crippen LogP contribution in [0.15, 0.2) is 46.9 Å². The van der Waals surface area contributed by atoms with Crippen molar-refractivity contribution in [3.8, 4) is 0 Å². The summed E-state index contributed by atoms with van der Waals surface area (Å²) >= 11 is 3.16. The highest BCUT2D eigenvalue weighted by molar-refractivity contribution is 9.10. The highest BCUT2D eigenvalue weighted by Gasteiger charge is 2.31. The molecule has 2 aromatic carbocycles. The Kier molecular flexibility index (Phi) is 6.79. The minimum atomic E-state index is -4.36. The van der Waals surface area contributed by atoms with Crippen molar-refractivity contribution in [1.82, 2.24) is 4.90 Å². The van der Waals surface area contributed by atoms with E-state index in [1.54, 1.807) is 12.1 Å². The molecule has 1 heterocycles. The van der Waals surface area contributed by atoms with Crippen molar-refractivity contribution >= 4 is 33.2 Å². The summed E-state index contributed by atoms with van der Waals surface area (Å²) in [5, 5.41) is 2.55. The van der Waals surface area contributed by atoms with Crippen LogP contribution in [0.2, 0.25) is 0 Å². The lowest BCUT2D eigenvalue weighted by molar-refractivity contribution is -0.137. The number of nitrogens with one attached hydrogen (secondary N) is 1. The Morgan fingerprint density at radius 2 is 1.79 bits per heavy atom. The molecule has 0 radical (unpaired) electrons. The van der Waals surface area contributed by atoms with E-state index in [0.29, 0.717) is 42.9 Å². The van der Waals surface area contributed by atoms with Crippen LogP contribution in [0.25, 0.3) is 0 Å². The Morgan fingerprint density at radius 3 is 2.45 bits per heavy atom. The molecule has 1 fully saturated rings. The number of hydrogen-bond donors (Lipinski definition) is 1. The molecule has 0 saturated carbocycles. The minimum absolute atomic E-state index is 0.132. The fourth-order valence-corrected chi connectivity index (χ4v) is 3.50. The lowest BCUT2D eigenvalue weighted by atomic mass is 10.1. The monoisotopic (exact) mass is 473 g/mol. The number of piperazine rings is 1. The van der Waals surface area contributed by atoms with E-state index in [2.05, 4.69) is 26.1 Å². The molecule has 2 aromatic rings. The van der Waals surface area contributed by atoms with Gasteiger partial charge in [-0.2, -0.15) is 13.2 Å². The third-order valence-electron chi connectivity index (χ3n) is 4.77. The Bertz CT molecular complexity index is 867. The summed E-state index contributed by atoms with van der Waals surface area (Å²) in [5.41, 5.74) is 0.0183. The number of anilines is 2. The van der Waals surface area contributed by atoms with Gasteiger partial charge in [-0.15, -0.1) is 0 Å². The Hall–Kier alpha value is -2.13. The van der Waals surface area contributed by atoms with Gasteiger partial charge in [0.25, 0.3) is 0 Å². The molecular weight excluding hydrogens is 454 g/mol. The predicted octanol–water partition coefficient (Wildman–Crippen LogP) is 4.76. The first-order chi connectivity index (χ1) is 13.7. The van der Waals surface area contributed by atoms with Gasteiger partial charge in [-0.25, -0.2) is 4.39 Å². The smallest absolute Gasteiger partial charge is 0.369 e. The van der Waals surface area contributed by atoms with E-state index in [1.165, 1.54) is 18.2 Å². The largest absolute Gasteiger partial charge is 0.416 e. The first-order valence-corrected chi connectivity index (χ1v) is 9.91. The summed E-state index contributed by atoms with van der Waals surface area (Å²) in [6, 6.07) is 9.73. The second kappa shape index (κ2) is 9.13. The summed E-state index contributed by atoms with van der Waals surface area (Å²) in [6.45, 7) is 2.92. The summed E-state index contributed by atoms with van der Waals surface area (Å²) in [4.78, 5) is 16.1. The zero-order valence-corrected chi connectivity index (χ0v) is 17.1. The van der Waals surface area contributed by atoms with Crippen LogP contribution >= 0.6 is 15.9 Å². The third-order valence-corrected chi connectivity index (χ3v) is 5.26. The van der Waals surface area contributed by atoms with Crippen LogP contribution in [0.1, 0.15) is 12.0 Å². The van der Waals surface area contributed by atoms with Crippen molar-refractivity contribution in [2.75, 3.05) is 42.9 Å². The number of alkyl halides is 3. The third kappa shape index (κ3) is 5.93. The lowest BCUT2D eigenvalue weighted by Crippen LogP contribution is -2.47. The molecule has 9 heteroatoms. The van der Waals surface area contributed by atoms with Crippen LogP contribution in [0.5, 0.6) is 0 Å². The molecule has 4 nitrogen and oxygen atoms in total. The molecule has 0 aliphatic carbocycles. The normalized spacial score (nSPS) is 15.4. The second-order valence-corrected chi connectivity index (χ2v) is 7.71. The minimum Gasteiger partial charge on any atom is -0.369 e. The van der Waals surface area contributed by atoms with Crippen molar-refractivity contribution in [1.29, 1.82) is 0 Å². The number of carbonyl (C=O) groups excluding carboxylic acids is 1. The highest BCUT2D eigenvalue weighted by atomic mass is 79.9.